The van der Waals surface area contributed by atoms with Crippen molar-refractivity contribution in [2.24, 2.45) is 17.8 Å². The van der Waals surface area contributed by atoms with Crippen LogP contribution in [0.3, 0.4) is 0 Å². The van der Waals surface area contributed by atoms with Gasteiger partial charge in [0, 0.05) is 16.7 Å². The molecule has 4 atom stereocenters. The molecule has 5 aromatic rings. The van der Waals surface area contributed by atoms with Crippen molar-refractivity contribution in [3.05, 3.63) is 114 Å². The number of aromatic nitrogens is 3. The van der Waals surface area contributed by atoms with E-state index in [4.69, 9.17) is 15.0 Å². The van der Waals surface area contributed by atoms with Crippen molar-refractivity contribution < 1.29 is 0 Å². The van der Waals surface area contributed by atoms with Crippen LogP contribution in [-0.2, 0) is 5.41 Å². The van der Waals surface area contributed by atoms with Crippen molar-refractivity contribution in [2.45, 2.75) is 51.4 Å². The number of benzene rings is 4. The Morgan fingerprint density at radius 2 is 1.02 bits per heavy atom. The summed E-state index contributed by atoms with van der Waals surface area (Å²) in [6.45, 7) is 4.81. The van der Waals surface area contributed by atoms with E-state index in [1.807, 2.05) is 72.8 Å². The van der Waals surface area contributed by atoms with Crippen molar-refractivity contribution in [3.8, 4) is 57.4 Å². The molecular formula is C40H35N5. The lowest BCUT2D eigenvalue weighted by Gasteiger charge is -2.50. The normalized spacial score (nSPS) is 22.3. The Morgan fingerprint density at radius 3 is 1.53 bits per heavy atom. The molecule has 2 aliphatic carbocycles. The highest BCUT2D eigenvalue weighted by molar-refractivity contribution is 5.75. The predicted molar refractivity (Wildman–Crippen MR) is 178 cm³/mol. The van der Waals surface area contributed by atoms with Crippen molar-refractivity contribution in [1.29, 1.82) is 10.5 Å². The van der Waals surface area contributed by atoms with Gasteiger partial charge in [0.05, 0.1) is 23.3 Å². The molecular weight excluding hydrogens is 550 g/mol. The Hall–Kier alpha value is -5.13. The summed E-state index contributed by atoms with van der Waals surface area (Å²) in [5.74, 6) is 3.90. The van der Waals surface area contributed by atoms with E-state index in [1.165, 1.54) is 24.8 Å². The van der Waals surface area contributed by atoms with Crippen molar-refractivity contribution in [2.75, 3.05) is 0 Å². The summed E-state index contributed by atoms with van der Waals surface area (Å²) >= 11 is 0. The van der Waals surface area contributed by atoms with Crippen LogP contribution in [0, 0.1) is 40.4 Å². The lowest BCUT2D eigenvalue weighted by Crippen LogP contribution is -2.42. The first kappa shape index (κ1) is 28.6. The second-order valence-corrected chi connectivity index (χ2v) is 13.3. The highest BCUT2D eigenvalue weighted by atomic mass is 15.0. The third-order valence-corrected chi connectivity index (χ3v) is 9.66. The highest BCUT2D eigenvalue weighted by Crippen LogP contribution is 2.54. The molecule has 0 aliphatic heterocycles. The molecule has 1 heterocycles. The molecule has 5 heteroatoms. The summed E-state index contributed by atoms with van der Waals surface area (Å²) in [5.41, 5.74) is 6.93. The maximum absolute atomic E-state index is 9.79. The van der Waals surface area contributed by atoms with Gasteiger partial charge in [-0.15, -0.1) is 0 Å². The maximum atomic E-state index is 9.79. The van der Waals surface area contributed by atoms with Crippen molar-refractivity contribution in [3.63, 3.8) is 0 Å². The molecule has 0 spiro atoms. The van der Waals surface area contributed by atoms with Gasteiger partial charge in [0.15, 0.2) is 17.5 Å². The van der Waals surface area contributed by atoms with Gasteiger partial charge >= 0.3 is 0 Å². The van der Waals surface area contributed by atoms with E-state index in [0.717, 1.165) is 46.6 Å². The Morgan fingerprint density at radius 1 is 0.556 bits per heavy atom. The van der Waals surface area contributed by atoms with Crippen LogP contribution in [0.1, 0.15) is 62.6 Å². The summed E-state index contributed by atoms with van der Waals surface area (Å²) < 4.78 is 0. The summed E-state index contributed by atoms with van der Waals surface area (Å²) in [5, 5.41) is 19.6. The van der Waals surface area contributed by atoms with E-state index < -0.39 is 0 Å². The van der Waals surface area contributed by atoms with Gasteiger partial charge in [0.2, 0.25) is 0 Å². The SMILES string of the molecule is C[C@@H]1C[C@@H]2C[C@H](C)CC(c3cc(-c4cc(C#N)cc(C#N)c4)cc(-c4nc(-c5ccccc5)nc(-c5ccccc5)n4)c3)(C1)C2. The third-order valence-electron chi connectivity index (χ3n) is 9.66. The summed E-state index contributed by atoms with van der Waals surface area (Å²) in [4.78, 5) is 15.0. The van der Waals surface area contributed by atoms with Crippen LogP contribution in [0.5, 0.6) is 0 Å². The fourth-order valence-electron chi connectivity index (χ4n) is 8.15. The average Bonchev–Trinajstić information content (AvgIpc) is 3.07. The molecule has 220 valence electrons. The number of fused-ring (bicyclic) bond motifs is 2. The molecule has 1 unspecified atom stereocenters. The summed E-state index contributed by atoms with van der Waals surface area (Å²) in [7, 11) is 0. The van der Waals surface area contributed by atoms with Crippen molar-refractivity contribution in [1.82, 2.24) is 15.0 Å². The Labute approximate surface area is 265 Å². The molecule has 2 bridgehead atoms. The monoisotopic (exact) mass is 585 g/mol. The minimum atomic E-state index is 0.0627. The quantitative estimate of drug-likeness (QED) is 0.205. The standard InChI is InChI=1S/C40H35N5/c1-26-13-28-14-27(2)22-40(21-26,23-28)36-19-34(33-16-29(24-41)15-30(17-33)25-42)18-35(20-36)39-44-37(31-9-5-3-6-10-31)43-38(45-39)32-11-7-4-8-12-32/h3-12,15-20,26-28H,13-14,21-23H2,1-2H3/t26-,27+,28-,40?. The molecule has 2 saturated carbocycles. The first-order chi connectivity index (χ1) is 21.9. The van der Waals surface area contributed by atoms with Gasteiger partial charge in [-0.3, -0.25) is 0 Å². The van der Waals surface area contributed by atoms with Gasteiger partial charge in [-0.2, -0.15) is 10.5 Å². The largest absolute Gasteiger partial charge is 0.208 e. The maximum Gasteiger partial charge on any atom is 0.164 e. The van der Waals surface area contributed by atoms with Crippen LogP contribution in [-0.4, -0.2) is 15.0 Å². The minimum Gasteiger partial charge on any atom is -0.208 e. The number of nitriles is 2. The number of nitrogens with zero attached hydrogens (tertiary/aromatic N) is 5. The van der Waals surface area contributed by atoms with Crippen LogP contribution >= 0.6 is 0 Å². The van der Waals surface area contributed by atoms with E-state index in [1.54, 1.807) is 6.07 Å². The van der Waals surface area contributed by atoms with Gasteiger partial charge in [-0.05, 0) is 102 Å². The molecule has 2 aliphatic rings. The molecule has 1 aromatic heterocycles. The molecule has 2 fully saturated rings. The second-order valence-electron chi connectivity index (χ2n) is 13.3. The number of rotatable bonds is 5. The molecule has 0 amide bonds. The topological polar surface area (TPSA) is 86.2 Å². The Kier molecular flexibility index (Phi) is 7.48. The zero-order valence-electron chi connectivity index (χ0n) is 25.7. The molecule has 7 rings (SSSR count). The third kappa shape index (κ3) is 5.75. The van der Waals surface area contributed by atoms with E-state index in [-0.39, 0.29) is 5.41 Å². The first-order valence-electron chi connectivity index (χ1n) is 15.9. The zero-order valence-corrected chi connectivity index (χ0v) is 25.7. The van der Waals surface area contributed by atoms with E-state index in [2.05, 4.69) is 44.2 Å². The van der Waals surface area contributed by atoms with Gasteiger partial charge in [0.25, 0.3) is 0 Å². The van der Waals surface area contributed by atoms with Crippen LogP contribution in [0.2, 0.25) is 0 Å². The van der Waals surface area contributed by atoms with Crippen LogP contribution < -0.4 is 0 Å². The molecule has 0 saturated heterocycles. The van der Waals surface area contributed by atoms with E-state index in [0.29, 0.717) is 40.4 Å². The van der Waals surface area contributed by atoms with E-state index >= 15 is 0 Å². The van der Waals surface area contributed by atoms with Crippen LogP contribution in [0.25, 0.3) is 45.3 Å². The van der Waals surface area contributed by atoms with Gasteiger partial charge < -0.3 is 0 Å². The highest BCUT2D eigenvalue weighted by Gasteiger charge is 2.45. The van der Waals surface area contributed by atoms with Crippen LogP contribution in [0.4, 0.5) is 0 Å². The van der Waals surface area contributed by atoms with E-state index in [9.17, 15) is 10.5 Å². The Bertz CT molecular complexity index is 1840. The molecule has 4 aromatic carbocycles. The summed E-state index contributed by atoms with van der Waals surface area (Å²) in [6, 6.07) is 36.7. The molecule has 0 radical (unpaired) electrons. The number of hydrogen-bond acceptors (Lipinski definition) is 5. The van der Waals surface area contributed by atoms with Gasteiger partial charge in [-0.1, -0.05) is 80.6 Å². The number of hydrogen-bond donors (Lipinski definition) is 0. The predicted octanol–water partition coefficient (Wildman–Crippen LogP) is 9.39. The molecule has 5 nitrogen and oxygen atoms in total. The van der Waals surface area contributed by atoms with Gasteiger partial charge in [-0.25, -0.2) is 15.0 Å². The van der Waals surface area contributed by atoms with Crippen LogP contribution in [0.15, 0.2) is 97.1 Å². The lowest BCUT2D eigenvalue weighted by atomic mass is 9.54. The second kappa shape index (κ2) is 11.8. The summed E-state index contributed by atoms with van der Waals surface area (Å²) in [6.07, 6.45) is 6.08. The first-order valence-corrected chi connectivity index (χ1v) is 15.9. The fraction of sp³-hybridized carbons (Fsp3) is 0.275. The zero-order chi connectivity index (χ0) is 31.0. The smallest absolute Gasteiger partial charge is 0.164 e. The van der Waals surface area contributed by atoms with Gasteiger partial charge in [0.1, 0.15) is 0 Å². The van der Waals surface area contributed by atoms with Crippen molar-refractivity contribution >= 4 is 0 Å². The average molecular weight is 586 g/mol. The molecule has 45 heavy (non-hydrogen) atoms. The fourth-order valence-corrected chi connectivity index (χ4v) is 8.15. The molecule has 0 N–H and O–H groups in total. The Balaban J connectivity index is 1.47. The minimum absolute atomic E-state index is 0.0627. The lowest BCUT2D eigenvalue weighted by molar-refractivity contribution is 0.0781.